The number of hydrogen-bond acceptors (Lipinski definition) is 3. The largest absolute Gasteiger partial charge is 0.464 e. The van der Waals surface area contributed by atoms with Crippen LogP contribution >= 0.6 is 11.6 Å². The monoisotopic (exact) mass is 346 g/mol. The van der Waals surface area contributed by atoms with Gasteiger partial charge in [0.05, 0.1) is 12.1 Å². The molecule has 3 rings (SSSR count). The summed E-state index contributed by atoms with van der Waals surface area (Å²) in [7, 11) is 1.32. The predicted molar refractivity (Wildman–Crippen MR) is 91.9 cm³/mol. The van der Waals surface area contributed by atoms with Crippen LogP contribution < -0.4 is 0 Å². The van der Waals surface area contributed by atoms with E-state index in [4.69, 9.17) is 16.3 Å². The first-order chi connectivity index (χ1) is 11.4. The molecule has 2 aromatic heterocycles. The van der Waals surface area contributed by atoms with Gasteiger partial charge in [-0.2, -0.15) is 0 Å². The van der Waals surface area contributed by atoms with E-state index in [2.05, 4.69) is 4.98 Å². The van der Waals surface area contributed by atoms with Crippen LogP contribution in [-0.2, 0) is 4.74 Å². The summed E-state index contributed by atoms with van der Waals surface area (Å²) in [6, 6.07) is 8.22. The minimum absolute atomic E-state index is 0.0810. The number of ether oxygens (including phenoxy) is 1. The Kier molecular flexibility index (Phi) is 4.28. The molecule has 0 fully saturated rings. The van der Waals surface area contributed by atoms with Gasteiger partial charge in [-0.1, -0.05) is 17.7 Å². The van der Waals surface area contributed by atoms with E-state index >= 15 is 0 Å². The number of pyridine rings is 1. The predicted octanol–water partition coefficient (Wildman–Crippen LogP) is 4.86. The Morgan fingerprint density at radius 2 is 2.04 bits per heavy atom. The molecule has 0 aliphatic rings. The first kappa shape index (κ1) is 16.5. The molecular formula is C18H16ClFN2O2. The Bertz CT molecular complexity index is 934. The van der Waals surface area contributed by atoms with Crippen molar-refractivity contribution >= 4 is 28.6 Å². The summed E-state index contributed by atoms with van der Waals surface area (Å²) in [5.74, 6) is -0.966. The van der Waals surface area contributed by atoms with Crippen LogP contribution in [0.15, 0.2) is 36.5 Å². The van der Waals surface area contributed by atoms with Crippen molar-refractivity contribution in [3.63, 3.8) is 0 Å². The zero-order valence-electron chi connectivity index (χ0n) is 13.5. The standard InChI is InChI=1S/C18H16ClFN2O2/c1-10(2)22-9-13(11-4-6-14(19)15(20)8-11)12-5-7-16(18(23)24-3)21-17(12)22/h4-10H,1-3H3. The zero-order valence-corrected chi connectivity index (χ0v) is 14.3. The maximum Gasteiger partial charge on any atom is 0.356 e. The van der Waals surface area contributed by atoms with E-state index < -0.39 is 11.8 Å². The number of carbonyl (C=O) groups is 1. The summed E-state index contributed by atoms with van der Waals surface area (Å²) in [4.78, 5) is 16.2. The molecule has 0 radical (unpaired) electrons. The average Bonchev–Trinajstić information content (AvgIpc) is 2.95. The van der Waals surface area contributed by atoms with Gasteiger partial charge in [0.2, 0.25) is 0 Å². The molecule has 0 atom stereocenters. The van der Waals surface area contributed by atoms with E-state index in [0.29, 0.717) is 11.2 Å². The molecule has 6 heteroatoms. The van der Waals surface area contributed by atoms with Gasteiger partial charge in [-0.3, -0.25) is 0 Å². The fourth-order valence-electron chi connectivity index (χ4n) is 2.63. The van der Waals surface area contributed by atoms with Crippen molar-refractivity contribution in [1.29, 1.82) is 0 Å². The number of benzene rings is 1. The molecule has 0 unspecified atom stereocenters. The van der Waals surface area contributed by atoms with Crippen molar-refractivity contribution in [2.75, 3.05) is 7.11 Å². The summed E-state index contributed by atoms with van der Waals surface area (Å²) in [5, 5.41) is 0.913. The number of methoxy groups -OCH3 is 1. The van der Waals surface area contributed by atoms with E-state index in [9.17, 15) is 9.18 Å². The maximum atomic E-state index is 13.8. The van der Waals surface area contributed by atoms with E-state index in [1.165, 1.54) is 19.2 Å². The molecule has 0 bridgehead atoms. The molecule has 0 spiro atoms. The van der Waals surface area contributed by atoms with Crippen LogP contribution in [-0.4, -0.2) is 22.6 Å². The molecule has 0 aliphatic carbocycles. The third-order valence-electron chi connectivity index (χ3n) is 3.86. The number of fused-ring (bicyclic) bond motifs is 1. The van der Waals surface area contributed by atoms with Gasteiger partial charge in [-0.25, -0.2) is 14.2 Å². The number of esters is 1. The summed E-state index contributed by atoms with van der Waals surface area (Å²) in [5.41, 5.74) is 2.42. The molecular weight excluding hydrogens is 331 g/mol. The van der Waals surface area contributed by atoms with Gasteiger partial charge in [0.1, 0.15) is 11.5 Å². The number of hydrogen-bond donors (Lipinski definition) is 0. The average molecular weight is 347 g/mol. The molecule has 1 aromatic carbocycles. The second-order valence-corrected chi connectivity index (χ2v) is 6.14. The summed E-state index contributed by atoms with van der Waals surface area (Å²) in [6.07, 6.45) is 1.91. The third kappa shape index (κ3) is 2.76. The van der Waals surface area contributed by atoms with E-state index in [1.54, 1.807) is 18.2 Å². The maximum absolute atomic E-state index is 13.8. The number of carbonyl (C=O) groups excluding carboxylic acids is 1. The lowest BCUT2D eigenvalue weighted by Crippen LogP contribution is -2.06. The first-order valence-corrected chi connectivity index (χ1v) is 7.85. The lowest BCUT2D eigenvalue weighted by molar-refractivity contribution is 0.0594. The highest BCUT2D eigenvalue weighted by Gasteiger charge is 2.17. The number of nitrogens with zero attached hydrogens (tertiary/aromatic N) is 2. The number of halogens is 2. The minimum atomic E-state index is -0.493. The van der Waals surface area contributed by atoms with E-state index in [-0.39, 0.29) is 16.8 Å². The quantitative estimate of drug-likeness (QED) is 0.636. The van der Waals surface area contributed by atoms with E-state index in [0.717, 1.165) is 10.9 Å². The topological polar surface area (TPSA) is 44.1 Å². The molecule has 3 aromatic rings. The smallest absolute Gasteiger partial charge is 0.356 e. The molecule has 0 aliphatic heterocycles. The molecule has 2 heterocycles. The van der Waals surface area contributed by atoms with Crippen molar-refractivity contribution in [3.05, 3.63) is 53.1 Å². The fourth-order valence-corrected chi connectivity index (χ4v) is 2.75. The van der Waals surface area contributed by atoms with Crippen molar-refractivity contribution in [2.45, 2.75) is 19.9 Å². The van der Waals surface area contributed by atoms with E-state index in [1.807, 2.05) is 24.6 Å². The van der Waals surface area contributed by atoms with Gasteiger partial charge in [-0.05, 0) is 43.7 Å². The Balaban J connectivity index is 2.25. The molecule has 0 amide bonds. The molecule has 124 valence electrons. The van der Waals surface area contributed by atoms with Crippen molar-refractivity contribution in [3.8, 4) is 11.1 Å². The highest BCUT2D eigenvalue weighted by atomic mass is 35.5. The van der Waals surface area contributed by atoms with Crippen molar-refractivity contribution < 1.29 is 13.9 Å². The van der Waals surface area contributed by atoms with Crippen molar-refractivity contribution in [1.82, 2.24) is 9.55 Å². The Labute approximate surface area is 143 Å². The van der Waals surface area contributed by atoms with Gasteiger partial charge in [0.15, 0.2) is 5.69 Å². The van der Waals surface area contributed by atoms with Crippen LogP contribution in [0.25, 0.3) is 22.2 Å². The van der Waals surface area contributed by atoms with Crippen molar-refractivity contribution in [2.24, 2.45) is 0 Å². The van der Waals surface area contributed by atoms with Crippen LogP contribution in [0.3, 0.4) is 0 Å². The Hall–Kier alpha value is -2.40. The lowest BCUT2D eigenvalue weighted by atomic mass is 10.1. The van der Waals surface area contributed by atoms with Gasteiger partial charge in [0, 0.05) is 23.2 Å². The van der Waals surface area contributed by atoms with Crippen LogP contribution in [0.5, 0.6) is 0 Å². The Morgan fingerprint density at radius 3 is 2.67 bits per heavy atom. The summed E-state index contributed by atoms with van der Waals surface area (Å²) < 4.78 is 20.5. The van der Waals surface area contributed by atoms with Gasteiger partial charge in [-0.15, -0.1) is 0 Å². The summed E-state index contributed by atoms with van der Waals surface area (Å²) >= 11 is 5.77. The fraction of sp³-hybridized carbons (Fsp3) is 0.222. The number of rotatable bonds is 3. The van der Waals surface area contributed by atoms with Crippen LogP contribution in [0.1, 0.15) is 30.4 Å². The van der Waals surface area contributed by atoms with Gasteiger partial charge >= 0.3 is 5.97 Å². The second-order valence-electron chi connectivity index (χ2n) is 5.73. The highest BCUT2D eigenvalue weighted by Crippen LogP contribution is 2.33. The second kappa shape index (κ2) is 6.24. The first-order valence-electron chi connectivity index (χ1n) is 7.47. The minimum Gasteiger partial charge on any atom is -0.464 e. The Morgan fingerprint density at radius 1 is 1.29 bits per heavy atom. The molecule has 0 N–H and O–H groups in total. The molecule has 0 saturated heterocycles. The molecule has 4 nitrogen and oxygen atoms in total. The SMILES string of the molecule is COC(=O)c1ccc2c(-c3ccc(Cl)c(F)c3)cn(C(C)C)c2n1. The third-order valence-corrected chi connectivity index (χ3v) is 4.17. The normalized spacial score (nSPS) is 11.2. The van der Waals surface area contributed by atoms with Gasteiger partial charge in [0.25, 0.3) is 0 Å². The highest BCUT2D eigenvalue weighted by molar-refractivity contribution is 6.30. The zero-order chi connectivity index (χ0) is 17.4. The van der Waals surface area contributed by atoms with Crippen LogP contribution in [0, 0.1) is 5.82 Å². The van der Waals surface area contributed by atoms with Gasteiger partial charge < -0.3 is 9.30 Å². The van der Waals surface area contributed by atoms with Crippen LogP contribution in [0.4, 0.5) is 4.39 Å². The molecule has 0 saturated carbocycles. The summed E-state index contributed by atoms with van der Waals surface area (Å²) in [6.45, 7) is 4.02. The van der Waals surface area contributed by atoms with Crippen LogP contribution in [0.2, 0.25) is 5.02 Å². The number of aromatic nitrogens is 2. The molecule has 24 heavy (non-hydrogen) atoms. The lowest BCUT2D eigenvalue weighted by Gasteiger charge is -2.08.